The van der Waals surface area contributed by atoms with Gasteiger partial charge < -0.3 is 14.8 Å². The predicted molar refractivity (Wildman–Crippen MR) is 125 cm³/mol. The van der Waals surface area contributed by atoms with Gasteiger partial charge in [-0.1, -0.05) is 36.4 Å². The van der Waals surface area contributed by atoms with Crippen molar-refractivity contribution in [3.8, 4) is 0 Å². The number of hydrogen-bond acceptors (Lipinski definition) is 7. The Morgan fingerprint density at radius 3 is 2.38 bits per heavy atom. The first-order chi connectivity index (χ1) is 16.5. The van der Waals surface area contributed by atoms with E-state index < -0.39 is 23.8 Å². The molecule has 1 aliphatic heterocycles. The Balaban J connectivity index is 1.88. The second-order valence-electron chi connectivity index (χ2n) is 8.31. The fourth-order valence-electron chi connectivity index (χ4n) is 4.91. The number of nitrogens with zero attached hydrogens (tertiary/aromatic N) is 1. The molecule has 1 aliphatic carbocycles. The highest BCUT2D eigenvalue weighted by Crippen LogP contribution is 2.48. The van der Waals surface area contributed by atoms with Gasteiger partial charge in [-0.05, 0) is 44.4 Å². The van der Waals surface area contributed by atoms with Crippen LogP contribution in [0, 0.1) is 5.92 Å². The molecule has 2 aromatic rings. The zero-order valence-electron chi connectivity index (χ0n) is 19.5. The second-order valence-corrected chi connectivity index (χ2v) is 8.31. The number of allylic oxidation sites excluding steroid dienone is 3. The summed E-state index contributed by atoms with van der Waals surface area (Å²) in [6.07, 6.45) is 3.71. The topological polar surface area (TPSA) is 94.6 Å². The lowest BCUT2D eigenvalue weighted by molar-refractivity contribution is -0.152. The third-order valence-electron chi connectivity index (χ3n) is 6.30. The number of rotatable bonds is 6. The van der Waals surface area contributed by atoms with E-state index in [2.05, 4.69) is 10.3 Å². The molecule has 1 N–H and O–H groups in total. The van der Waals surface area contributed by atoms with Gasteiger partial charge in [0.2, 0.25) is 0 Å². The summed E-state index contributed by atoms with van der Waals surface area (Å²) < 4.78 is 10.7. The van der Waals surface area contributed by atoms with Gasteiger partial charge in [-0.2, -0.15) is 0 Å². The van der Waals surface area contributed by atoms with Gasteiger partial charge in [-0.15, -0.1) is 0 Å². The molecular weight excluding hydrogens is 432 g/mol. The summed E-state index contributed by atoms with van der Waals surface area (Å²) in [6, 6.07) is 13.1. The molecule has 0 spiro atoms. The summed E-state index contributed by atoms with van der Waals surface area (Å²) in [4.78, 5) is 44.4. The van der Waals surface area contributed by atoms with E-state index in [0.29, 0.717) is 34.5 Å². The van der Waals surface area contributed by atoms with E-state index in [4.69, 9.17) is 9.47 Å². The molecule has 0 unspecified atom stereocenters. The third kappa shape index (κ3) is 4.25. The minimum atomic E-state index is -1.01. The molecule has 7 nitrogen and oxygen atoms in total. The number of ether oxygens (including phenoxy) is 2. The van der Waals surface area contributed by atoms with Gasteiger partial charge in [-0.25, -0.2) is 4.79 Å². The molecule has 0 radical (unpaired) electrons. The van der Waals surface area contributed by atoms with Crippen molar-refractivity contribution < 1.29 is 23.9 Å². The molecule has 2 aliphatic rings. The van der Waals surface area contributed by atoms with Crippen LogP contribution in [0.4, 0.5) is 0 Å². The van der Waals surface area contributed by atoms with Crippen LogP contribution in [-0.4, -0.2) is 35.9 Å². The smallest absolute Gasteiger partial charge is 0.336 e. The fraction of sp³-hybridized carbons (Fsp3) is 0.333. The van der Waals surface area contributed by atoms with Crippen LogP contribution in [0.1, 0.15) is 50.2 Å². The highest BCUT2D eigenvalue weighted by Gasteiger charge is 2.49. The van der Waals surface area contributed by atoms with Gasteiger partial charge in [0, 0.05) is 41.2 Å². The fourth-order valence-corrected chi connectivity index (χ4v) is 4.91. The van der Waals surface area contributed by atoms with E-state index in [0.717, 1.165) is 5.56 Å². The summed E-state index contributed by atoms with van der Waals surface area (Å²) in [5, 5.41) is 3.29. The number of aromatic nitrogens is 1. The molecule has 1 aromatic carbocycles. The normalized spacial score (nSPS) is 22.1. The molecule has 34 heavy (non-hydrogen) atoms. The van der Waals surface area contributed by atoms with Gasteiger partial charge in [0.25, 0.3) is 0 Å². The second kappa shape index (κ2) is 10.0. The molecular formula is C27H28N2O5. The maximum atomic E-state index is 14.1. The quantitative estimate of drug-likeness (QED) is 0.518. The number of dihydropyridines is 1. The molecule has 0 saturated heterocycles. The summed E-state index contributed by atoms with van der Waals surface area (Å²) >= 11 is 0. The molecule has 4 rings (SSSR count). The minimum absolute atomic E-state index is 0.174. The van der Waals surface area contributed by atoms with Crippen molar-refractivity contribution >= 4 is 17.7 Å². The number of carbonyl (C=O) groups is 3. The number of carbonyl (C=O) groups excluding carboxylic acids is 3. The first kappa shape index (κ1) is 23.4. The van der Waals surface area contributed by atoms with Crippen LogP contribution in [-0.2, 0) is 23.9 Å². The lowest BCUT2D eigenvalue weighted by Crippen LogP contribution is -2.43. The van der Waals surface area contributed by atoms with Crippen molar-refractivity contribution in [2.24, 2.45) is 5.92 Å². The van der Waals surface area contributed by atoms with Gasteiger partial charge in [0.15, 0.2) is 5.78 Å². The van der Waals surface area contributed by atoms with Crippen molar-refractivity contribution in [1.82, 2.24) is 10.3 Å². The predicted octanol–water partition coefficient (Wildman–Crippen LogP) is 3.80. The zero-order chi connectivity index (χ0) is 24.2. The Morgan fingerprint density at radius 1 is 1.03 bits per heavy atom. The van der Waals surface area contributed by atoms with Crippen molar-refractivity contribution in [2.45, 2.75) is 39.0 Å². The van der Waals surface area contributed by atoms with Crippen molar-refractivity contribution in [1.29, 1.82) is 0 Å². The monoisotopic (exact) mass is 460 g/mol. The first-order valence-corrected chi connectivity index (χ1v) is 11.5. The summed E-state index contributed by atoms with van der Waals surface area (Å²) in [6.45, 7) is 5.64. The van der Waals surface area contributed by atoms with Crippen LogP contribution < -0.4 is 5.32 Å². The van der Waals surface area contributed by atoms with Crippen molar-refractivity contribution in [3.63, 3.8) is 0 Å². The molecule has 7 heteroatoms. The lowest BCUT2D eigenvalue weighted by Gasteiger charge is -2.39. The van der Waals surface area contributed by atoms with E-state index >= 15 is 0 Å². The maximum absolute atomic E-state index is 14.1. The molecule has 0 fully saturated rings. The minimum Gasteiger partial charge on any atom is -0.465 e. The highest BCUT2D eigenvalue weighted by atomic mass is 16.5. The molecule has 176 valence electrons. The third-order valence-corrected chi connectivity index (χ3v) is 6.30. The van der Waals surface area contributed by atoms with Crippen molar-refractivity contribution in [3.05, 3.63) is 88.5 Å². The maximum Gasteiger partial charge on any atom is 0.336 e. The summed E-state index contributed by atoms with van der Waals surface area (Å²) in [7, 11) is 0. The standard InChI is InChI=1S/C27H28N2O5/c1-4-33-26(31)21-16(3)29-20-14-19(17-10-7-6-8-11-17)23(27(32)34-5-2)25(30)24(20)22(21)18-12-9-13-28-15-18/h6-13,15,19,22-23,29H,4-5,14H2,1-3H3/t19-,22+,23-/m1/s1. The van der Waals surface area contributed by atoms with Gasteiger partial charge in [0.1, 0.15) is 5.92 Å². The zero-order valence-corrected chi connectivity index (χ0v) is 19.5. The van der Waals surface area contributed by atoms with Crippen LogP contribution >= 0.6 is 0 Å². The average molecular weight is 461 g/mol. The Kier molecular flexibility index (Phi) is 6.91. The molecule has 0 saturated carbocycles. The number of pyridine rings is 1. The number of Topliss-reactive ketones (excluding diaryl/α,β-unsaturated/α-hetero) is 1. The SMILES string of the molecule is CCOC(=O)C1=C(C)NC2=C(C(=O)[C@H](C(=O)OCC)[C@@H](c3ccccc3)C2)[C@H]1c1cccnc1. The average Bonchev–Trinajstić information content (AvgIpc) is 2.84. The molecule has 3 atom stereocenters. The number of hydrogen-bond donors (Lipinski definition) is 1. The van der Waals surface area contributed by atoms with Crippen molar-refractivity contribution in [2.75, 3.05) is 13.2 Å². The van der Waals surface area contributed by atoms with E-state index in [1.807, 2.05) is 36.4 Å². The van der Waals surface area contributed by atoms with Crippen LogP contribution in [0.2, 0.25) is 0 Å². The van der Waals surface area contributed by atoms with E-state index in [1.54, 1.807) is 39.2 Å². The summed E-state index contributed by atoms with van der Waals surface area (Å²) in [5.41, 5.74) is 3.65. The van der Waals surface area contributed by atoms with Gasteiger partial charge >= 0.3 is 11.9 Å². The summed E-state index contributed by atoms with van der Waals surface area (Å²) in [5.74, 6) is -3.48. The molecule has 2 heterocycles. The van der Waals surface area contributed by atoms with Crippen LogP contribution in [0.3, 0.4) is 0 Å². The Labute approximate surface area is 198 Å². The molecule has 0 bridgehead atoms. The van der Waals surface area contributed by atoms with E-state index in [9.17, 15) is 14.4 Å². The van der Waals surface area contributed by atoms with Crippen LogP contribution in [0.15, 0.2) is 77.4 Å². The Morgan fingerprint density at radius 2 is 1.74 bits per heavy atom. The number of nitrogens with one attached hydrogen (secondary N) is 1. The number of esters is 2. The van der Waals surface area contributed by atoms with E-state index in [1.165, 1.54) is 0 Å². The molecule has 0 amide bonds. The van der Waals surface area contributed by atoms with Crippen LogP contribution in [0.25, 0.3) is 0 Å². The first-order valence-electron chi connectivity index (χ1n) is 11.5. The van der Waals surface area contributed by atoms with Gasteiger partial charge in [-0.3, -0.25) is 14.6 Å². The van der Waals surface area contributed by atoms with Crippen LogP contribution in [0.5, 0.6) is 0 Å². The van der Waals surface area contributed by atoms with E-state index in [-0.39, 0.29) is 24.9 Å². The highest BCUT2D eigenvalue weighted by molar-refractivity contribution is 6.13. The molecule has 1 aromatic heterocycles. The van der Waals surface area contributed by atoms with Gasteiger partial charge in [0.05, 0.1) is 18.8 Å². The Bertz CT molecular complexity index is 1150. The largest absolute Gasteiger partial charge is 0.465 e. The Hall–Kier alpha value is -3.74. The lowest BCUT2D eigenvalue weighted by atomic mass is 9.67. The number of ketones is 1. The number of benzene rings is 1.